The third-order valence-electron chi connectivity index (χ3n) is 1.89. The SMILES string of the molecule is C=C(Cl)CNc1cnn(CCC)c(=O)c1Cl. The van der Waals surface area contributed by atoms with E-state index in [4.69, 9.17) is 23.2 Å². The van der Waals surface area contributed by atoms with E-state index in [1.165, 1.54) is 10.9 Å². The van der Waals surface area contributed by atoms with E-state index in [-0.39, 0.29) is 10.6 Å². The van der Waals surface area contributed by atoms with Crippen LogP contribution in [0, 0.1) is 0 Å². The van der Waals surface area contributed by atoms with Gasteiger partial charge < -0.3 is 5.32 Å². The zero-order valence-corrected chi connectivity index (χ0v) is 10.5. The summed E-state index contributed by atoms with van der Waals surface area (Å²) in [6, 6.07) is 0. The molecule has 88 valence electrons. The van der Waals surface area contributed by atoms with Gasteiger partial charge in [0.15, 0.2) is 0 Å². The summed E-state index contributed by atoms with van der Waals surface area (Å²) in [5, 5.41) is 7.44. The topological polar surface area (TPSA) is 46.9 Å². The number of aryl methyl sites for hydroxylation is 1. The Hall–Kier alpha value is -1.00. The van der Waals surface area contributed by atoms with Gasteiger partial charge in [0.05, 0.1) is 18.4 Å². The minimum absolute atomic E-state index is 0.126. The van der Waals surface area contributed by atoms with Crippen molar-refractivity contribution in [3.8, 4) is 0 Å². The number of nitrogens with zero attached hydrogens (tertiary/aromatic N) is 2. The van der Waals surface area contributed by atoms with Gasteiger partial charge in [0.2, 0.25) is 0 Å². The molecular weight excluding hydrogens is 249 g/mol. The van der Waals surface area contributed by atoms with E-state index < -0.39 is 0 Å². The number of hydrogen-bond donors (Lipinski definition) is 1. The molecule has 1 heterocycles. The molecule has 0 aliphatic carbocycles. The molecule has 6 heteroatoms. The second-order valence-corrected chi connectivity index (χ2v) is 4.18. The maximum Gasteiger partial charge on any atom is 0.287 e. The van der Waals surface area contributed by atoms with E-state index in [0.29, 0.717) is 23.8 Å². The van der Waals surface area contributed by atoms with Crippen LogP contribution >= 0.6 is 23.2 Å². The van der Waals surface area contributed by atoms with Crippen molar-refractivity contribution in [1.29, 1.82) is 0 Å². The van der Waals surface area contributed by atoms with Gasteiger partial charge in [-0.15, -0.1) is 0 Å². The Morgan fingerprint density at radius 2 is 2.38 bits per heavy atom. The van der Waals surface area contributed by atoms with Crippen LogP contribution in [0.4, 0.5) is 5.69 Å². The molecule has 0 aromatic carbocycles. The molecule has 0 aliphatic rings. The Morgan fingerprint density at radius 1 is 1.69 bits per heavy atom. The first-order chi connectivity index (χ1) is 7.56. The molecule has 1 aromatic rings. The van der Waals surface area contributed by atoms with Gasteiger partial charge in [-0.1, -0.05) is 36.7 Å². The summed E-state index contributed by atoms with van der Waals surface area (Å²) in [7, 11) is 0. The Bertz CT molecular complexity index is 442. The van der Waals surface area contributed by atoms with Crippen molar-refractivity contribution in [3.63, 3.8) is 0 Å². The first-order valence-corrected chi connectivity index (χ1v) is 5.64. The number of hydrogen-bond acceptors (Lipinski definition) is 3. The Morgan fingerprint density at radius 3 is 2.94 bits per heavy atom. The zero-order valence-electron chi connectivity index (χ0n) is 8.96. The number of aromatic nitrogens is 2. The molecule has 0 radical (unpaired) electrons. The van der Waals surface area contributed by atoms with Crippen molar-refractivity contribution in [2.75, 3.05) is 11.9 Å². The van der Waals surface area contributed by atoms with Crippen LogP contribution in [0.1, 0.15) is 13.3 Å². The van der Waals surface area contributed by atoms with Crippen molar-refractivity contribution in [2.24, 2.45) is 0 Å². The average molecular weight is 262 g/mol. The van der Waals surface area contributed by atoms with Gasteiger partial charge in [0.1, 0.15) is 5.02 Å². The average Bonchev–Trinajstić information content (AvgIpc) is 2.24. The molecule has 0 unspecified atom stereocenters. The van der Waals surface area contributed by atoms with Crippen molar-refractivity contribution >= 4 is 28.9 Å². The van der Waals surface area contributed by atoms with E-state index in [9.17, 15) is 4.79 Å². The maximum atomic E-state index is 11.7. The van der Waals surface area contributed by atoms with Gasteiger partial charge >= 0.3 is 0 Å². The first kappa shape index (κ1) is 13.1. The molecule has 1 N–H and O–H groups in total. The predicted octanol–water partition coefficient (Wildman–Crippen LogP) is 2.47. The highest BCUT2D eigenvalue weighted by molar-refractivity contribution is 6.33. The molecule has 1 aromatic heterocycles. The van der Waals surface area contributed by atoms with Crippen LogP contribution in [0.3, 0.4) is 0 Å². The molecule has 0 saturated carbocycles. The number of nitrogens with one attached hydrogen (secondary N) is 1. The second-order valence-electron chi connectivity index (χ2n) is 3.27. The molecular formula is C10H13Cl2N3O. The summed E-state index contributed by atoms with van der Waals surface area (Å²) in [6.45, 7) is 6.39. The highest BCUT2D eigenvalue weighted by Gasteiger charge is 2.08. The van der Waals surface area contributed by atoms with Crippen molar-refractivity contribution in [1.82, 2.24) is 9.78 Å². The highest BCUT2D eigenvalue weighted by Crippen LogP contribution is 2.15. The van der Waals surface area contributed by atoms with Gasteiger partial charge in [0.25, 0.3) is 5.56 Å². The fourth-order valence-electron chi connectivity index (χ4n) is 1.15. The molecule has 0 saturated heterocycles. The molecule has 1 rings (SSSR count). The van der Waals surface area contributed by atoms with E-state index in [0.717, 1.165) is 6.42 Å². The minimum atomic E-state index is -0.297. The Labute approximate surface area is 104 Å². The molecule has 0 bridgehead atoms. The molecule has 0 atom stereocenters. The smallest absolute Gasteiger partial charge is 0.287 e. The quantitative estimate of drug-likeness (QED) is 0.886. The Kier molecular flexibility index (Phi) is 4.83. The molecule has 0 fully saturated rings. The molecule has 4 nitrogen and oxygen atoms in total. The van der Waals surface area contributed by atoms with E-state index in [1.807, 2.05) is 6.92 Å². The zero-order chi connectivity index (χ0) is 12.1. The second kappa shape index (κ2) is 5.92. The van der Waals surface area contributed by atoms with E-state index in [1.54, 1.807) is 0 Å². The van der Waals surface area contributed by atoms with Crippen molar-refractivity contribution in [3.05, 3.63) is 33.2 Å². The monoisotopic (exact) mass is 261 g/mol. The molecule has 0 spiro atoms. The third-order valence-corrected chi connectivity index (χ3v) is 2.39. The lowest BCUT2D eigenvalue weighted by molar-refractivity contribution is 0.568. The predicted molar refractivity (Wildman–Crippen MR) is 67.3 cm³/mol. The van der Waals surface area contributed by atoms with E-state index in [2.05, 4.69) is 17.0 Å². The number of anilines is 1. The lowest BCUT2D eigenvalue weighted by atomic mass is 10.4. The van der Waals surface area contributed by atoms with Gasteiger partial charge in [-0.3, -0.25) is 4.79 Å². The van der Waals surface area contributed by atoms with Gasteiger partial charge in [-0.05, 0) is 6.42 Å². The fourth-order valence-corrected chi connectivity index (χ4v) is 1.43. The van der Waals surface area contributed by atoms with Crippen LogP contribution < -0.4 is 10.9 Å². The summed E-state index contributed by atoms with van der Waals surface area (Å²) in [5.41, 5.74) is 0.175. The lowest BCUT2D eigenvalue weighted by Crippen LogP contribution is -2.24. The standard InChI is InChI=1S/C10H13Cl2N3O/c1-3-4-15-10(16)9(12)8(6-14-15)13-5-7(2)11/h6,13H,2-5H2,1H3. The minimum Gasteiger partial charge on any atom is -0.377 e. The third kappa shape index (κ3) is 3.25. The maximum absolute atomic E-state index is 11.7. The molecule has 0 amide bonds. The summed E-state index contributed by atoms with van der Waals surface area (Å²) < 4.78 is 1.34. The fraction of sp³-hybridized carbons (Fsp3) is 0.400. The lowest BCUT2D eigenvalue weighted by Gasteiger charge is -2.08. The van der Waals surface area contributed by atoms with Gasteiger partial charge in [0, 0.05) is 11.6 Å². The summed E-state index contributed by atoms with van der Waals surface area (Å²) in [4.78, 5) is 11.7. The van der Waals surface area contributed by atoms with E-state index >= 15 is 0 Å². The summed E-state index contributed by atoms with van der Waals surface area (Å²) in [5.74, 6) is 0. The van der Waals surface area contributed by atoms with Crippen LogP contribution in [0.25, 0.3) is 0 Å². The first-order valence-electron chi connectivity index (χ1n) is 4.89. The van der Waals surface area contributed by atoms with Crippen LogP contribution in [0.2, 0.25) is 5.02 Å². The number of halogens is 2. The Balaban J connectivity index is 2.93. The van der Waals surface area contributed by atoms with Crippen LogP contribution in [0.5, 0.6) is 0 Å². The van der Waals surface area contributed by atoms with Gasteiger partial charge in [-0.25, -0.2) is 4.68 Å². The van der Waals surface area contributed by atoms with Crippen molar-refractivity contribution < 1.29 is 0 Å². The van der Waals surface area contributed by atoms with Crippen molar-refractivity contribution in [2.45, 2.75) is 19.9 Å². The normalized spacial score (nSPS) is 10.2. The summed E-state index contributed by atoms with van der Waals surface area (Å²) >= 11 is 11.5. The van der Waals surface area contributed by atoms with Crippen LogP contribution in [-0.2, 0) is 6.54 Å². The van der Waals surface area contributed by atoms with Crippen LogP contribution in [-0.4, -0.2) is 16.3 Å². The largest absolute Gasteiger partial charge is 0.377 e. The molecule has 16 heavy (non-hydrogen) atoms. The van der Waals surface area contributed by atoms with Crippen LogP contribution in [0.15, 0.2) is 22.6 Å². The summed E-state index contributed by atoms with van der Waals surface area (Å²) in [6.07, 6.45) is 2.34. The molecule has 0 aliphatic heterocycles. The van der Waals surface area contributed by atoms with Gasteiger partial charge in [-0.2, -0.15) is 5.10 Å². The highest BCUT2D eigenvalue weighted by atomic mass is 35.5. The number of rotatable bonds is 5.